The minimum atomic E-state index is 0.719. The van der Waals surface area contributed by atoms with Gasteiger partial charge in [-0.05, 0) is 43.6 Å². The van der Waals surface area contributed by atoms with E-state index in [2.05, 4.69) is 17.4 Å². The van der Waals surface area contributed by atoms with Gasteiger partial charge in [-0.15, -0.1) is 11.6 Å². The lowest BCUT2D eigenvalue weighted by molar-refractivity contribution is 0.297. The molecule has 0 radical (unpaired) electrons. The Bertz CT molecular complexity index is 371. The van der Waals surface area contributed by atoms with Crippen molar-refractivity contribution < 1.29 is 9.47 Å². The number of fused-ring (bicyclic) bond motifs is 1. The predicted octanol–water partition coefficient (Wildman–Crippen LogP) is 2.61. The number of nitrogens with one attached hydrogen (secondary N) is 1. The molecule has 18 heavy (non-hydrogen) atoms. The fourth-order valence-corrected chi connectivity index (χ4v) is 2.05. The number of benzene rings is 1. The molecule has 0 unspecified atom stereocenters. The topological polar surface area (TPSA) is 30.5 Å². The molecule has 0 atom stereocenters. The number of rotatable bonds is 6. The Morgan fingerprint density at radius 2 is 1.94 bits per heavy atom. The van der Waals surface area contributed by atoms with Crippen LogP contribution in [0.25, 0.3) is 0 Å². The standard InChI is InChI=1S/C14H20ClNO2/c15-6-1-7-16-8-5-12-3-4-13-14(11-12)18-10-2-9-17-13/h3-4,11,16H,1-2,5-10H2. The van der Waals surface area contributed by atoms with Crippen LogP contribution in [0, 0.1) is 0 Å². The zero-order chi connectivity index (χ0) is 12.6. The van der Waals surface area contributed by atoms with Crippen molar-refractivity contribution in [3.63, 3.8) is 0 Å². The molecule has 1 aromatic carbocycles. The molecule has 0 amide bonds. The van der Waals surface area contributed by atoms with Crippen LogP contribution in [-0.4, -0.2) is 32.2 Å². The fourth-order valence-electron chi connectivity index (χ4n) is 1.91. The first-order valence-corrected chi connectivity index (χ1v) is 7.09. The second kappa shape index (κ2) is 7.49. The summed E-state index contributed by atoms with van der Waals surface area (Å²) < 4.78 is 11.3. The van der Waals surface area contributed by atoms with E-state index in [4.69, 9.17) is 21.1 Å². The summed E-state index contributed by atoms with van der Waals surface area (Å²) in [4.78, 5) is 0. The van der Waals surface area contributed by atoms with Gasteiger partial charge in [-0.25, -0.2) is 0 Å². The molecule has 0 aromatic heterocycles. The molecular weight excluding hydrogens is 250 g/mol. The minimum Gasteiger partial charge on any atom is -0.490 e. The molecule has 1 N–H and O–H groups in total. The van der Waals surface area contributed by atoms with Crippen molar-refractivity contribution in [3.05, 3.63) is 23.8 Å². The molecule has 0 aliphatic carbocycles. The second-order valence-electron chi connectivity index (χ2n) is 4.37. The zero-order valence-electron chi connectivity index (χ0n) is 10.6. The summed E-state index contributed by atoms with van der Waals surface area (Å²) in [7, 11) is 0. The summed E-state index contributed by atoms with van der Waals surface area (Å²) >= 11 is 5.62. The Morgan fingerprint density at radius 3 is 2.78 bits per heavy atom. The maximum Gasteiger partial charge on any atom is 0.161 e. The maximum atomic E-state index is 5.67. The van der Waals surface area contributed by atoms with Gasteiger partial charge in [0.1, 0.15) is 0 Å². The van der Waals surface area contributed by atoms with Crippen LogP contribution < -0.4 is 14.8 Å². The van der Waals surface area contributed by atoms with Crippen LogP contribution in [0.3, 0.4) is 0 Å². The molecule has 0 saturated carbocycles. The van der Waals surface area contributed by atoms with Gasteiger partial charge in [0.25, 0.3) is 0 Å². The van der Waals surface area contributed by atoms with Crippen LogP contribution >= 0.6 is 11.6 Å². The summed E-state index contributed by atoms with van der Waals surface area (Å²) in [5, 5.41) is 3.37. The molecule has 2 rings (SSSR count). The first-order valence-electron chi connectivity index (χ1n) is 6.55. The highest BCUT2D eigenvalue weighted by atomic mass is 35.5. The highest BCUT2D eigenvalue weighted by molar-refractivity contribution is 6.17. The Kier molecular flexibility index (Phi) is 5.62. The van der Waals surface area contributed by atoms with E-state index < -0.39 is 0 Å². The molecule has 0 spiro atoms. The van der Waals surface area contributed by atoms with Crippen LogP contribution in [0.1, 0.15) is 18.4 Å². The molecule has 1 aromatic rings. The van der Waals surface area contributed by atoms with Crippen LogP contribution in [-0.2, 0) is 6.42 Å². The fraction of sp³-hybridized carbons (Fsp3) is 0.571. The minimum absolute atomic E-state index is 0.719. The molecule has 0 saturated heterocycles. The van der Waals surface area contributed by atoms with E-state index in [1.54, 1.807) is 0 Å². The van der Waals surface area contributed by atoms with E-state index in [-0.39, 0.29) is 0 Å². The van der Waals surface area contributed by atoms with E-state index in [9.17, 15) is 0 Å². The van der Waals surface area contributed by atoms with Crippen molar-refractivity contribution in [2.24, 2.45) is 0 Å². The predicted molar refractivity (Wildman–Crippen MR) is 74.0 cm³/mol. The monoisotopic (exact) mass is 269 g/mol. The van der Waals surface area contributed by atoms with Gasteiger partial charge in [0.05, 0.1) is 13.2 Å². The number of ether oxygens (including phenoxy) is 2. The SMILES string of the molecule is ClCCCNCCc1ccc2c(c1)OCCCO2. The first kappa shape index (κ1) is 13.5. The molecule has 100 valence electrons. The number of hydrogen-bond acceptors (Lipinski definition) is 3. The van der Waals surface area contributed by atoms with E-state index >= 15 is 0 Å². The van der Waals surface area contributed by atoms with Gasteiger partial charge < -0.3 is 14.8 Å². The largest absolute Gasteiger partial charge is 0.490 e. The molecule has 1 heterocycles. The van der Waals surface area contributed by atoms with Crippen molar-refractivity contribution in [1.82, 2.24) is 5.32 Å². The van der Waals surface area contributed by atoms with Crippen molar-refractivity contribution in [3.8, 4) is 11.5 Å². The van der Waals surface area contributed by atoms with Crippen molar-refractivity contribution in [2.75, 3.05) is 32.2 Å². The third kappa shape index (κ3) is 4.07. The summed E-state index contributed by atoms with van der Waals surface area (Å²) in [6, 6.07) is 6.20. The summed E-state index contributed by atoms with van der Waals surface area (Å²) in [6.07, 6.45) is 2.96. The average Bonchev–Trinajstić information content (AvgIpc) is 2.63. The molecular formula is C14H20ClNO2. The maximum absolute atomic E-state index is 5.67. The quantitative estimate of drug-likeness (QED) is 0.636. The Hall–Kier alpha value is -0.930. The average molecular weight is 270 g/mol. The molecule has 1 aliphatic rings. The third-order valence-corrected chi connectivity index (χ3v) is 3.16. The Balaban J connectivity index is 1.84. The van der Waals surface area contributed by atoms with E-state index in [1.165, 1.54) is 5.56 Å². The van der Waals surface area contributed by atoms with Crippen LogP contribution in [0.5, 0.6) is 11.5 Å². The smallest absolute Gasteiger partial charge is 0.161 e. The Morgan fingerprint density at radius 1 is 1.11 bits per heavy atom. The normalized spacial score (nSPS) is 14.3. The summed E-state index contributed by atoms with van der Waals surface area (Å²) in [5.74, 6) is 2.47. The lowest BCUT2D eigenvalue weighted by Crippen LogP contribution is -2.18. The van der Waals surface area contributed by atoms with Crippen LogP contribution in [0.4, 0.5) is 0 Å². The molecule has 4 heteroatoms. The summed E-state index contributed by atoms with van der Waals surface area (Å²) in [5.41, 5.74) is 1.28. The highest BCUT2D eigenvalue weighted by Crippen LogP contribution is 2.30. The van der Waals surface area contributed by atoms with Gasteiger partial charge in [0.15, 0.2) is 11.5 Å². The van der Waals surface area contributed by atoms with E-state index in [1.807, 2.05) is 6.07 Å². The lowest BCUT2D eigenvalue weighted by atomic mass is 10.1. The molecule has 1 aliphatic heterocycles. The van der Waals surface area contributed by atoms with Crippen molar-refractivity contribution in [2.45, 2.75) is 19.3 Å². The van der Waals surface area contributed by atoms with Gasteiger partial charge in [-0.2, -0.15) is 0 Å². The van der Waals surface area contributed by atoms with Crippen LogP contribution in [0.2, 0.25) is 0 Å². The van der Waals surface area contributed by atoms with Gasteiger partial charge in [-0.3, -0.25) is 0 Å². The van der Waals surface area contributed by atoms with Crippen LogP contribution in [0.15, 0.2) is 18.2 Å². The number of halogens is 1. The zero-order valence-corrected chi connectivity index (χ0v) is 11.3. The van der Waals surface area contributed by atoms with Gasteiger partial charge in [-0.1, -0.05) is 6.07 Å². The second-order valence-corrected chi connectivity index (χ2v) is 4.75. The van der Waals surface area contributed by atoms with Crippen molar-refractivity contribution in [1.29, 1.82) is 0 Å². The lowest BCUT2D eigenvalue weighted by Gasteiger charge is -2.09. The van der Waals surface area contributed by atoms with Gasteiger partial charge in [0, 0.05) is 12.3 Å². The first-order chi connectivity index (χ1) is 8.90. The van der Waals surface area contributed by atoms with E-state index in [0.717, 1.165) is 62.9 Å². The molecule has 3 nitrogen and oxygen atoms in total. The van der Waals surface area contributed by atoms with Crippen molar-refractivity contribution >= 4 is 11.6 Å². The highest BCUT2D eigenvalue weighted by Gasteiger charge is 2.10. The molecule has 0 fully saturated rings. The Labute approximate surface area is 113 Å². The number of alkyl halides is 1. The number of hydrogen-bond donors (Lipinski definition) is 1. The molecule has 0 bridgehead atoms. The summed E-state index contributed by atoms with van der Waals surface area (Å²) in [6.45, 7) is 3.43. The van der Waals surface area contributed by atoms with E-state index in [0.29, 0.717) is 0 Å². The third-order valence-electron chi connectivity index (χ3n) is 2.89. The van der Waals surface area contributed by atoms with Gasteiger partial charge >= 0.3 is 0 Å². The van der Waals surface area contributed by atoms with Gasteiger partial charge in [0.2, 0.25) is 0 Å².